The molecule has 3 saturated heterocycles. The molecule has 0 spiro atoms. The van der Waals surface area contributed by atoms with Crippen LogP contribution < -0.4 is 5.32 Å². The number of amides is 1. The molecule has 4 aliphatic rings. The average molecular weight is 425 g/mol. The minimum Gasteiger partial charge on any atom is -0.343 e. The maximum atomic E-state index is 13.3. The van der Waals surface area contributed by atoms with Crippen molar-refractivity contribution >= 4 is 34.2 Å². The first kappa shape index (κ1) is 19.7. The predicted octanol–water partition coefficient (Wildman–Crippen LogP) is 1.37. The highest BCUT2D eigenvalue weighted by molar-refractivity contribution is 7.90. The Kier molecular flexibility index (Phi) is 5.14. The van der Waals surface area contributed by atoms with Crippen LogP contribution in [-0.2, 0) is 14.8 Å². The molecule has 5 rings (SSSR count). The lowest BCUT2D eigenvalue weighted by molar-refractivity contribution is -0.135. The molecular weight excluding hydrogens is 400 g/mol. The summed E-state index contributed by atoms with van der Waals surface area (Å²) >= 11 is 0. The van der Waals surface area contributed by atoms with Gasteiger partial charge < -0.3 is 15.1 Å². The van der Waals surface area contributed by atoms with Crippen molar-refractivity contribution < 1.29 is 13.2 Å². The molecule has 152 valence electrons. The highest BCUT2D eigenvalue weighted by atomic mass is 35.5. The van der Waals surface area contributed by atoms with Gasteiger partial charge in [-0.05, 0) is 44.2 Å². The number of hydrogen-bond donors (Lipinski definition) is 1. The highest BCUT2D eigenvalue weighted by Gasteiger charge is 2.41. The molecule has 3 atom stereocenters. The van der Waals surface area contributed by atoms with E-state index in [2.05, 4.69) is 9.71 Å². The number of rotatable bonds is 1. The molecule has 9 heteroatoms. The quantitative estimate of drug-likeness (QED) is 0.736. The zero-order chi connectivity index (χ0) is 18.6. The van der Waals surface area contributed by atoms with Crippen LogP contribution >= 0.6 is 12.4 Å². The SMILES string of the molecule is Cl.O=C(C1CCCN1C1=NS(=O)(=O)c2ccccc21)N1CCC2CCC(C1)N2. The fourth-order valence-corrected chi connectivity index (χ4v) is 6.14. The summed E-state index contributed by atoms with van der Waals surface area (Å²) in [6.45, 7) is 2.19. The second-order valence-corrected chi connectivity index (χ2v) is 9.52. The molecule has 0 radical (unpaired) electrons. The van der Waals surface area contributed by atoms with Crippen LogP contribution in [0.3, 0.4) is 0 Å². The van der Waals surface area contributed by atoms with Crippen LogP contribution in [0.1, 0.15) is 37.7 Å². The molecule has 1 N–H and O–H groups in total. The van der Waals surface area contributed by atoms with E-state index in [0.29, 0.717) is 30.0 Å². The Balaban J connectivity index is 0.00000192. The molecule has 0 aliphatic carbocycles. The number of amidine groups is 1. The van der Waals surface area contributed by atoms with E-state index in [1.54, 1.807) is 18.2 Å². The fraction of sp³-hybridized carbons (Fsp3) is 0.579. The van der Waals surface area contributed by atoms with E-state index >= 15 is 0 Å². The fourth-order valence-electron chi connectivity index (χ4n) is 4.93. The Morgan fingerprint density at radius 1 is 1.07 bits per heavy atom. The van der Waals surface area contributed by atoms with Gasteiger partial charge in [-0.2, -0.15) is 8.42 Å². The van der Waals surface area contributed by atoms with Crippen LogP contribution in [0.5, 0.6) is 0 Å². The molecule has 2 bridgehead atoms. The third kappa shape index (κ3) is 3.21. The third-order valence-electron chi connectivity index (χ3n) is 6.26. The highest BCUT2D eigenvalue weighted by Crippen LogP contribution is 2.32. The summed E-state index contributed by atoms with van der Waals surface area (Å²) in [6, 6.07) is 7.50. The van der Waals surface area contributed by atoms with E-state index < -0.39 is 10.0 Å². The molecule has 4 aliphatic heterocycles. The molecule has 3 fully saturated rings. The van der Waals surface area contributed by atoms with Crippen molar-refractivity contribution in [3.05, 3.63) is 29.8 Å². The number of fused-ring (bicyclic) bond motifs is 3. The van der Waals surface area contributed by atoms with Gasteiger partial charge in [-0.1, -0.05) is 12.1 Å². The van der Waals surface area contributed by atoms with E-state index in [0.717, 1.165) is 38.8 Å². The predicted molar refractivity (Wildman–Crippen MR) is 108 cm³/mol. The first-order valence-corrected chi connectivity index (χ1v) is 11.2. The van der Waals surface area contributed by atoms with Crippen LogP contribution in [-0.4, -0.2) is 67.7 Å². The Bertz CT molecular complexity index is 920. The second-order valence-electron chi connectivity index (χ2n) is 7.95. The molecule has 3 unspecified atom stereocenters. The van der Waals surface area contributed by atoms with Crippen LogP contribution in [0.4, 0.5) is 0 Å². The van der Waals surface area contributed by atoms with Gasteiger partial charge >= 0.3 is 0 Å². The van der Waals surface area contributed by atoms with Crippen molar-refractivity contribution in [1.29, 1.82) is 0 Å². The van der Waals surface area contributed by atoms with Crippen LogP contribution in [0.2, 0.25) is 0 Å². The number of nitrogens with one attached hydrogen (secondary N) is 1. The number of benzene rings is 1. The van der Waals surface area contributed by atoms with Crippen molar-refractivity contribution in [1.82, 2.24) is 15.1 Å². The van der Waals surface area contributed by atoms with Crippen molar-refractivity contribution in [2.24, 2.45) is 4.40 Å². The summed E-state index contributed by atoms with van der Waals surface area (Å²) in [6.07, 6.45) is 4.94. The first-order valence-electron chi connectivity index (χ1n) is 9.79. The number of carbonyl (C=O) groups excluding carboxylic acids is 1. The first-order chi connectivity index (χ1) is 13.0. The van der Waals surface area contributed by atoms with E-state index in [1.807, 2.05) is 15.9 Å². The molecule has 1 aromatic rings. The minimum atomic E-state index is -3.67. The summed E-state index contributed by atoms with van der Waals surface area (Å²) < 4.78 is 28.9. The van der Waals surface area contributed by atoms with E-state index in [1.165, 1.54) is 6.42 Å². The molecule has 1 aromatic carbocycles. The van der Waals surface area contributed by atoms with Crippen molar-refractivity contribution in [3.8, 4) is 0 Å². The summed E-state index contributed by atoms with van der Waals surface area (Å²) in [5, 5.41) is 3.61. The average Bonchev–Trinajstić information content (AvgIpc) is 3.31. The minimum absolute atomic E-state index is 0. The Morgan fingerprint density at radius 3 is 2.71 bits per heavy atom. The maximum absolute atomic E-state index is 13.3. The third-order valence-corrected chi connectivity index (χ3v) is 7.58. The standard InChI is InChI=1S/C19H24N4O3S.ClH/c24-19(22-11-9-13-7-8-14(12-22)20-13)16-5-3-10-23(16)18-15-4-1-2-6-17(15)27(25,26)21-18;/h1-2,4,6,13-14,16,20H,3,5,7-12H2;1H. The molecule has 0 saturated carbocycles. The number of halogens is 1. The number of carbonyl (C=O) groups is 1. The van der Waals surface area contributed by atoms with Gasteiger partial charge in [-0.25, -0.2) is 0 Å². The number of hydrogen-bond acceptors (Lipinski definition) is 5. The van der Waals surface area contributed by atoms with Gasteiger partial charge in [0, 0.05) is 37.3 Å². The summed E-state index contributed by atoms with van der Waals surface area (Å²) in [4.78, 5) is 17.5. The molecule has 7 nitrogen and oxygen atoms in total. The Hall–Kier alpha value is -1.64. The second kappa shape index (κ2) is 7.31. The normalized spacial score (nSPS) is 30.4. The molecule has 28 heavy (non-hydrogen) atoms. The van der Waals surface area contributed by atoms with Gasteiger partial charge in [0.15, 0.2) is 5.84 Å². The lowest BCUT2D eigenvalue weighted by Crippen LogP contribution is -2.50. The van der Waals surface area contributed by atoms with Gasteiger partial charge in [0.1, 0.15) is 10.9 Å². The molecule has 0 aromatic heterocycles. The Labute approximate surface area is 171 Å². The molecule has 4 heterocycles. The van der Waals surface area contributed by atoms with Gasteiger partial charge in [-0.3, -0.25) is 4.79 Å². The monoisotopic (exact) mass is 424 g/mol. The van der Waals surface area contributed by atoms with Crippen molar-refractivity contribution in [2.75, 3.05) is 19.6 Å². The van der Waals surface area contributed by atoms with Crippen LogP contribution in [0.15, 0.2) is 33.6 Å². The number of likely N-dealkylation sites (tertiary alicyclic amines) is 2. The largest absolute Gasteiger partial charge is 0.343 e. The van der Waals surface area contributed by atoms with Crippen LogP contribution in [0, 0.1) is 0 Å². The van der Waals surface area contributed by atoms with Crippen molar-refractivity contribution in [3.63, 3.8) is 0 Å². The summed E-state index contributed by atoms with van der Waals surface area (Å²) in [7, 11) is -3.67. The lowest BCUT2D eigenvalue weighted by atomic mass is 10.1. The van der Waals surface area contributed by atoms with E-state index in [9.17, 15) is 13.2 Å². The summed E-state index contributed by atoms with van der Waals surface area (Å²) in [5.74, 6) is 0.558. The van der Waals surface area contributed by atoms with Gasteiger partial charge in [0.2, 0.25) is 5.91 Å². The summed E-state index contributed by atoms with van der Waals surface area (Å²) in [5.41, 5.74) is 0.619. The maximum Gasteiger partial charge on any atom is 0.285 e. The van der Waals surface area contributed by atoms with Gasteiger partial charge in [0.05, 0.1) is 0 Å². The van der Waals surface area contributed by atoms with Crippen LogP contribution in [0.25, 0.3) is 0 Å². The lowest BCUT2D eigenvalue weighted by Gasteiger charge is -2.32. The van der Waals surface area contributed by atoms with E-state index in [4.69, 9.17) is 0 Å². The molecular formula is C19H25ClN4O3S. The Morgan fingerprint density at radius 2 is 1.86 bits per heavy atom. The van der Waals surface area contributed by atoms with E-state index in [-0.39, 0.29) is 29.3 Å². The zero-order valence-corrected chi connectivity index (χ0v) is 17.2. The number of sulfonamides is 1. The topological polar surface area (TPSA) is 82.1 Å². The zero-order valence-electron chi connectivity index (χ0n) is 15.6. The number of nitrogens with zero attached hydrogens (tertiary/aromatic N) is 3. The smallest absolute Gasteiger partial charge is 0.285 e. The van der Waals surface area contributed by atoms with Crippen molar-refractivity contribution in [2.45, 2.75) is 55.1 Å². The van der Waals surface area contributed by atoms with Gasteiger partial charge in [0.25, 0.3) is 10.0 Å². The molecule has 1 amide bonds. The van der Waals surface area contributed by atoms with Gasteiger partial charge in [-0.15, -0.1) is 16.8 Å².